The zero-order chi connectivity index (χ0) is 19.2. The van der Waals surface area contributed by atoms with Gasteiger partial charge in [0.15, 0.2) is 0 Å². The van der Waals surface area contributed by atoms with Crippen molar-refractivity contribution in [3.8, 4) is 0 Å². The number of aliphatic carboxylic acids is 1. The molecule has 0 aliphatic heterocycles. The molecular weight excluding hydrogens is 360 g/mol. The van der Waals surface area contributed by atoms with Crippen LogP contribution in [0.1, 0.15) is 36.8 Å². The summed E-state index contributed by atoms with van der Waals surface area (Å²) in [6.07, 6.45) is 3.36. The van der Waals surface area contributed by atoms with E-state index in [1.807, 2.05) is 54.6 Å². The van der Waals surface area contributed by atoms with Crippen LogP contribution in [0.5, 0.6) is 0 Å². The smallest absolute Gasteiger partial charge is 0.303 e. The van der Waals surface area contributed by atoms with Crippen molar-refractivity contribution in [2.24, 2.45) is 0 Å². The predicted molar refractivity (Wildman–Crippen MR) is 110 cm³/mol. The second-order valence-electron chi connectivity index (χ2n) is 6.21. The molecular formula is C21H20N2O3S. The topological polar surface area (TPSA) is 79.3 Å². The summed E-state index contributed by atoms with van der Waals surface area (Å²) in [5.74, 6) is -0.902. The summed E-state index contributed by atoms with van der Waals surface area (Å²) in [5.41, 5.74) is 3.69. The van der Waals surface area contributed by atoms with E-state index in [9.17, 15) is 9.59 Å². The van der Waals surface area contributed by atoms with Gasteiger partial charge in [-0.3, -0.25) is 9.59 Å². The summed E-state index contributed by atoms with van der Waals surface area (Å²) in [7, 11) is 0. The van der Waals surface area contributed by atoms with Crippen molar-refractivity contribution in [3.63, 3.8) is 0 Å². The maximum atomic E-state index is 11.1. The van der Waals surface area contributed by atoms with E-state index in [4.69, 9.17) is 10.1 Å². The average molecular weight is 380 g/mol. The Morgan fingerprint density at radius 3 is 2.52 bits per heavy atom. The standard InChI is InChI=1S/C21H20N2O3S/c1-14(24)22-17-11-9-15(10-12-17)13-16(5-4-8-20(25)26)21-23-18-6-2-3-7-19(18)27-21/h2-3,6-7,9-13H,4-5,8H2,1H3,(H,22,24)(H,25,26). The number of anilines is 1. The van der Waals surface area contributed by atoms with Crippen molar-refractivity contribution in [2.75, 3.05) is 5.32 Å². The van der Waals surface area contributed by atoms with Gasteiger partial charge >= 0.3 is 5.97 Å². The normalized spacial score (nSPS) is 11.5. The van der Waals surface area contributed by atoms with Crippen molar-refractivity contribution in [1.29, 1.82) is 0 Å². The van der Waals surface area contributed by atoms with Crippen molar-refractivity contribution < 1.29 is 14.7 Å². The van der Waals surface area contributed by atoms with E-state index in [1.165, 1.54) is 6.92 Å². The molecule has 0 fully saturated rings. The van der Waals surface area contributed by atoms with Crippen LogP contribution in [-0.4, -0.2) is 22.0 Å². The molecule has 0 atom stereocenters. The van der Waals surface area contributed by atoms with Gasteiger partial charge in [0.2, 0.25) is 5.91 Å². The molecule has 0 bridgehead atoms. The minimum Gasteiger partial charge on any atom is -0.481 e. The Hall–Kier alpha value is -2.99. The van der Waals surface area contributed by atoms with Gasteiger partial charge < -0.3 is 10.4 Å². The Morgan fingerprint density at radius 2 is 1.85 bits per heavy atom. The number of hydrogen-bond acceptors (Lipinski definition) is 4. The molecule has 3 aromatic rings. The van der Waals surface area contributed by atoms with Crippen LogP contribution < -0.4 is 5.32 Å². The largest absolute Gasteiger partial charge is 0.481 e. The molecule has 0 aliphatic carbocycles. The number of carboxylic acids is 1. The molecule has 1 aromatic heterocycles. The van der Waals surface area contributed by atoms with Crippen LogP contribution in [0.4, 0.5) is 5.69 Å². The molecule has 2 aromatic carbocycles. The number of rotatable bonds is 7. The second kappa shape index (κ2) is 8.60. The van der Waals surface area contributed by atoms with Crippen LogP contribution in [-0.2, 0) is 9.59 Å². The van der Waals surface area contributed by atoms with Crippen molar-refractivity contribution in [1.82, 2.24) is 4.98 Å². The number of nitrogens with zero attached hydrogens (tertiary/aromatic N) is 1. The lowest BCUT2D eigenvalue weighted by molar-refractivity contribution is -0.137. The molecule has 0 saturated carbocycles. The molecule has 1 heterocycles. The molecule has 0 saturated heterocycles. The molecule has 0 spiro atoms. The molecule has 3 rings (SSSR count). The van der Waals surface area contributed by atoms with Crippen LogP contribution in [0.15, 0.2) is 48.5 Å². The summed E-state index contributed by atoms with van der Waals surface area (Å²) >= 11 is 1.61. The van der Waals surface area contributed by atoms with Gasteiger partial charge in [0, 0.05) is 19.0 Å². The fraction of sp³-hybridized carbons (Fsp3) is 0.190. The van der Waals surface area contributed by atoms with Gasteiger partial charge in [-0.2, -0.15) is 0 Å². The highest BCUT2D eigenvalue weighted by atomic mass is 32.1. The van der Waals surface area contributed by atoms with Gasteiger partial charge in [0.05, 0.1) is 10.2 Å². The summed E-state index contributed by atoms with van der Waals surface area (Å²) < 4.78 is 1.11. The highest BCUT2D eigenvalue weighted by Gasteiger charge is 2.10. The highest BCUT2D eigenvalue weighted by molar-refractivity contribution is 7.19. The number of aromatic nitrogens is 1. The number of fused-ring (bicyclic) bond motifs is 1. The first-order valence-electron chi connectivity index (χ1n) is 8.67. The highest BCUT2D eigenvalue weighted by Crippen LogP contribution is 2.31. The predicted octanol–water partition coefficient (Wildman–Crippen LogP) is 5.05. The van der Waals surface area contributed by atoms with Crippen LogP contribution in [0.25, 0.3) is 21.9 Å². The molecule has 6 heteroatoms. The quantitative estimate of drug-likeness (QED) is 0.601. The number of carboxylic acid groups (broad SMARTS) is 1. The lowest BCUT2D eigenvalue weighted by Crippen LogP contribution is -2.05. The molecule has 27 heavy (non-hydrogen) atoms. The van der Waals surface area contributed by atoms with Crippen LogP contribution in [0.2, 0.25) is 0 Å². The first kappa shape index (κ1) is 18.8. The third-order valence-corrected chi connectivity index (χ3v) is 5.09. The maximum absolute atomic E-state index is 11.1. The number of benzene rings is 2. The Morgan fingerprint density at radius 1 is 1.11 bits per heavy atom. The summed E-state index contributed by atoms with van der Waals surface area (Å²) in [5, 5.41) is 12.6. The summed E-state index contributed by atoms with van der Waals surface area (Å²) in [6.45, 7) is 1.47. The van der Waals surface area contributed by atoms with Gasteiger partial charge in [0.1, 0.15) is 5.01 Å². The Balaban J connectivity index is 1.89. The van der Waals surface area contributed by atoms with Gasteiger partial charge in [-0.15, -0.1) is 11.3 Å². The minimum absolute atomic E-state index is 0.109. The Bertz CT molecular complexity index is 957. The zero-order valence-corrected chi connectivity index (χ0v) is 15.8. The third-order valence-electron chi connectivity index (χ3n) is 3.98. The molecule has 5 nitrogen and oxygen atoms in total. The second-order valence-corrected chi connectivity index (χ2v) is 7.24. The number of carbonyl (C=O) groups excluding carboxylic acids is 1. The molecule has 0 unspecified atom stereocenters. The van der Waals surface area contributed by atoms with Gasteiger partial charge in [0.25, 0.3) is 0 Å². The minimum atomic E-state index is -0.793. The number of hydrogen-bond donors (Lipinski definition) is 2. The van der Waals surface area contributed by atoms with E-state index in [-0.39, 0.29) is 12.3 Å². The molecule has 138 valence electrons. The number of para-hydroxylation sites is 1. The van der Waals surface area contributed by atoms with E-state index >= 15 is 0 Å². The number of allylic oxidation sites excluding steroid dienone is 1. The number of amides is 1. The molecule has 2 N–H and O–H groups in total. The van der Waals surface area contributed by atoms with E-state index in [1.54, 1.807) is 11.3 Å². The Kier molecular flexibility index (Phi) is 5.98. The molecule has 1 amide bonds. The average Bonchev–Trinajstić information content (AvgIpc) is 3.05. The summed E-state index contributed by atoms with van der Waals surface area (Å²) in [6, 6.07) is 15.5. The fourth-order valence-electron chi connectivity index (χ4n) is 2.75. The Labute approximate surface area is 161 Å². The number of carbonyl (C=O) groups is 2. The van der Waals surface area contributed by atoms with E-state index in [2.05, 4.69) is 5.32 Å². The molecule has 0 radical (unpaired) electrons. The zero-order valence-electron chi connectivity index (χ0n) is 14.9. The van der Waals surface area contributed by atoms with Crippen molar-refractivity contribution in [2.45, 2.75) is 26.2 Å². The lowest BCUT2D eigenvalue weighted by Gasteiger charge is -2.06. The van der Waals surface area contributed by atoms with E-state index in [0.29, 0.717) is 12.8 Å². The lowest BCUT2D eigenvalue weighted by atomic mass is 10.0. The number of thiazole rings is 1. The van der Waals surface area contributed by atoms with Gasteiger partial charge in [-0.1, -0.05) is 24.3 Å². The molecule has 0 aliphatic rings. The first-order chi connectivity index (χ1) is 13.0. The maximum Gasteiger partial charge on any atom is 0.303 e. The van der Waals surface area contributed by atoms with Crippen LogP contribution >= 0.6 is 11.3 Å². The van der Waals surface area contributed by atoms with E-state index in [0.717, 1.165) is 32.0 Å². The SMILES string of the molecule is CC(=O)Nc1ccc(C=C(CCCC(=O)O)c2nc3ccccc3s2)cc1. The van der Waals surface area contributed by atoms with Crippen LogP contribution in [0, 0.1) is 0 Å². The fourth-order valence-corrected chi connectivity index (χ4v) is 3.76. The van der Waals surface area contributed by atoms with Gasteiger partial charge in [-0.25, -0.2) is 4.98 Å². The van der Waals surface area contributed by atoms with E-state index < -0.39 is 5.97 Å². The first-order valence-corrected chi connectivity index (χ1v) is 9.49. The summed E-state index contributed by atoms with van der Waals surface area (Å²) in [4.78, 5) is 26.7. The third kappa shape index (κ3) is 5.24. The van der Waals surface area contributed by atoms with Crippen molar-refractivity contribution in [3.05, 3.63) is 59.1 Å². The monoisotopic (exact) mass is 380 g/mol. The van der Waals surface area contributed by atoms with Gasteiger partial charge in [-0.05, 0) is 54.3 Å². The number of nitrogens with one attached hydrogen (secondary N) is 1. The van der Waals surface area contributed by atoms with Crippen LogP contribution in [0.3, 0.4) is 0 Å². The van der Waals surface area contributed by atoms with Crippen molar-refractivity contribution >= 4 is 50.8 Å².